The van der Waals surface area contributed by atoms with Crippen LogP contribution >= 0.6 is 11.6 Å². The van der Waals surface area contributed by atoms with Crippen LogP contribution in [0, 0.1) is 0 Å². The van der Waals surface area contributed by atoms with Crippen molar-refractivity contribution in [1.29, 1.82) is 0 Å². The van der Waals surface area contributed by atoms with Gasteiger partial charge in [-0.25, -0.2) is 0 Å². The molecule has 0 saturated carbocycles. The molecule has 1 saturated heterocycles. The van der Waals surface area contributed by atoms with E-state index in [2.05, 4.69) is 17.3 Å². The molecule has 1 atom stereocenters. The Morgan fingerprint density at radius 2 is 2.37 bits per heavy atom. The molecule has 0 spiro atoms. The molecular formula is C14H21ClN2O2. The first-order valence-electron chi connectivity index (χ1n) is 6.52. The molecule has 106 valence electrons. The number of hydrogen-bond donors (Lipinski definition) is 1. The highest BCUT2D eigenvalue weighted by molar-refractivity contribution is 6.32. The summed E-state index contributed by atoms with van der Waals surface area (Å²) in [5, 5.41) is 4.05. The molecule has 1 fully saturated rings. The molecule has 4 nitrogen and oxygen atoms in total. The van der Waals surface area contributed by atoms with E-state index in [0.29, 0.717) is 10.8 Å². The van der Waals surface area contributed by atoms with Crippen molar-refractivity contribution in [3.63, 3.8) is 0 Å². The van der Waals surface area contributed by atoms with Gasteiger partial charge in [0.1, 0.15) is 5.75 Å². The molecule has 0 bridgehead atoms. The van der Waals surface area contributed by atoms with Crippen LogP contribution in [0.15, 0.2) is 18.2 Å². The summed E-state index contributed by atoms with van der Waals surface area (Å²) in [6.45, 7) is 4.46. The zero-order valence-corrected chi connectivity index (χ0v) is 12.2. The highest BCUT2D eigenvalue weighted by Crippen LogP contribution is 2.24. The molecule has 1 heterocycles. The van der Waals surface area contributed by atoms with Gasteiger partial charge in [0.05, 0.1) is 24.8 Å². The van der Waals surface area contributed by atoms with Gasteiger partial charge in [0, 0.05) is 26.2 Å². The normalized spacial score (nSPS) is 20.5. The molecule has 0 amide bonds. The van der Waals surface area contributed by atoms with Gasteiger partial charge in [-0.1, -0.05) is 17.7 Å². The zero-order valence-electron chi connectivity index (χ0n) is 11.5. The summed E-state index contributed by atoms with van der Waals surface area (Å²) in [6, 6.07) is 5.84. The Morgan fingerprint density at radius 3 is 3.05 bits per heavy atom. The molecule has 1 aliphatic rings. The van der Waals surface area contributed by atoms with Gasteiger partial charge in [-0.15, -0.1) is 0 Å². The van der Waals surface area contributed by atoms with E-state index in [4.69, 9.17) is 21.1 Å². The van der Waals surface area contributed by atoms with Crippen LogP contribution in [0.4, 0.5) is 0 Å². The maximum Gasteiger partial charge on any atom is 0.137 e. The van der Waals surface area contributed by atoms with Crippen LogP contribution in [0.2, 0.25) is 5.02 Å². The van der Waals surface area contributed by atoms with Gasteiger partial charge < -0.3 is 19.7 Å². The first-order valence-corrected chi connectivity index (χ1v) is 6.90. The molecule has 0 aromatic heterocycles. The van der Waals surface area contributed by atoms with E-state index in [-0.39, 0.29) is 6.10 Å². The van der Waals surface area contributed by atoms with Crippen molar-refractivity contribution in [3.05, 3.63) is 28.8 Å². The highest BCUT2D eigenvalue weighted by atomic mass is 35.5. The van der Waals surface area contributed by atoms with Gasteiger partial charge in [0.25, 0.3) is 0 Å². The van der Waals surface area contributed by atoms with Gasteiger partial charge in [0.15, 0.2) is 0 Å². The monoisotopic (exact) mass is 284 g/mol. The highest BCUT2D eigenvalue weighted by Gasteiger charge is 2.16. The second kappa shape index (κ2) is 7.10. The summed E-state index contributed by atoms with van der Waals surface area (Å²) in [5.74, 6) is 0.711. The van der Waals surface area contributed by atoms with Crippen LogP contribution in [0.1, 0.15) is 5.56 Å². The summed E-state index contributed by atoms with van der Waals surface area (Å²) in [7, 11) is 3.74. The first kappa shape index (κ1) is 14.6. The Balaban J connectivity index is 1.77. The molecule has 1 aliphatic heterocycles. The summed E-state index contributed by atoms with van der Waals surface area (Å²) < 4.78 is 10.8. The molecule has 0 radical (unpaired) electrons. The number of ether oxygens (including phenoxy) is 2. The minimum atomic E-state index is 0.271. The average molecular weight is 285 g/mol. The minimum Gasteiger partial charge on any atom is -0.495 e. The lowest BCUT2D eigenvalue weighted by atomic mass is 10.2. The van der Waals surface area contributed by atoms with Crippen molar-refractivity contribution in [3.8, 4) is 5.75 Å². The second-order valence-corrected chi connectivity index (χ2v) is 5.26. The molecule has 1 aromatic carbocycles. The van der Waals surface area contributed by atoms with Crippen LogP contribution in [0.25, 0.3) is 0 Å². The average Bonchev–Trinajstić information content (AvgIpc) is 2.39. The van der Waals surface area contributed by atoms with Gasteiger partial charge in [-0.2, -0.15) is 0 Å². The number of hydrogen-bond acceptors (Lipinski definition) is 4. The van der Waals surface area contributed by atoms with Gasteiger partial charge >= 0.3 is 0 Å². The molecule has 2 rings (SSSR count). The lowest BCUT2D eigenvalue weighted by molar-refractivity contribution is -0.0182. The van der Waals surface area contributed by atoms with E-state index in [9.17, 15) is 0 Å². The third-order valence-electron chi connectivity index (χ3n) is 3.26. The van der Waals surface area contributed by atoms with Crippen molar-refractivity contribution < 1.29 is 9.47 Å². The fraction of sp³-hybridized carbons (Fsp3) is 0.571. The molecule has 1 N–H and O–H groups in total. The van der Waals surface area contributed by atoms with Gasteiger partial charge in [0.2, 0.25) is 0 Å². The third-order valence-corrected chi connectivity index (χ3v) is 3.55. The molecular weight excluding hydrogens is 264 g/mol. The zero-order chi connectivity index (χ0) is 13.7. The van der Waals surface area contributed by atoms with Crippen molar-refractivity contribution in [1.82, 2.24) is 10.2 Å². The Bertz CT molecular complexity index is 414. The Hall–Kier alpha value is -0.810. The van der Waals surface area contributed by atoms with Crippen molar-refractivity contribution in [2.75, 3.05) is 40.4 Å². The fourth-order valence-electron chi connectivity index (χ4n) is 2.19. The van der Waals surface area contributed by atoms with E-state index in [0.717, 1.165) is 38.3 Å². The summed E-state index contributed by atoms with van der Waals surface area (Å²) >= 11 is 6.09. The van der Waals surface area contributed by atoms with E-state index in [1.807, 2.05) is 18.2 Å². The predicted octanol–water partition coefficient (Wildman–Crippen LogP) is 1.77. The summed E-state index contributed by atoms with van der Waals surface area (Å²) in [4.78, 5) is 2.29. The number of likely N-dealkylation sites (N-methyl/N-ethyl adjacent to an activating group) is 1. The Morgan fingerprint density at radius 1 is 1.53 bits per heavy atom. The largest absolute Gasteiger partial charge is 0.495 e. The lowest BCUT2D eigenvalue weighted by Crippen LogP contribution is -2.44. The SMILES string of the molecule is COc1ccc(CNCC2CN(C)CCO2)cc1Cl. The van der Waals surface area contributed by atoms with Crippen LogP contribution in [-0.2, 0) is 11.3 Å². The second-order valence-electron chi connectivity index (χ2n) is 4.85. The van der Waals surface area contributed by atoms with Crippen LogP contribution in [-0.4, -0.2) is 51.4 Å². The van der Waals surface area contributed by atoms with Crippen molar-refractivity contribution >= 4 is 11.6 Å². The smallest absolute Gasteiger partial charge is 0.137 e. The number of benzene rings is 1. The third kappa shape index (κ3) is 4.35. The van der Waals surface area contributed by atoms with Gasteiger partial charge in [-0.05, 0) is 24.7 Å². The number of rotatable bonds is 5. The number of nitrogens with zero attached hydrogens (tertiary/aromatic N) is 1. The molecule has 5 heteroatoms. The number of methoxy groups -OCH3 is 1. The standard InChI is InChI=1S/C14H21ClN2O2/c1-17-5-6-19-12(10-17)9-16-8-11-3-4-14(18-2)13(15)7-11/h3-4,7,12,16H,5-6,8-10H2,1-2H3. The number of morpholine rings is 1. The quantitative estimate of drug-likeness (QED) is 0.894. The van der Waals surface area contributed by atoms with E-state index < -0.39 is 0 Å². The van der Waals surface area contributed by atoms with Crippen LogP contribution < -0.4 is 10.1 Å². The fourth-order valence-corrected chi connectivity index (χ4v) is 2.47. The van der Waals surface area contributed by atoms with Crippen molar-refractivity contribution in [2.45, 2.75) is 12.6 Å². The number of nitrogens with one attached hydrogen (secondary N) is 1. The van der Waals surface area contributed by atoms with E-state index in [1.54, 1.807) is 7.11 Å². The van der Waals surface area contributed by atoms with E-state index in [1.165, 1.54) is 0 Å². The molecule has 1 aromatic rings. The molecule has 0 aliphatic carbocycles. The topological polar surface area (TPSA) is 33.7 Å². The Labute approximate surface area is 119 Å². The summed E-state index contributed by atoms with van der Waals surface area (Å²) in [6.07, 6.45) is 0.271. The Kier molecular flexibility index (Phi) is 5.45. The summed E-state index contributed by atoms with van der Waals surface area (Å²) in [5.41, 5.74) is 1.15. The molecule has 1 unspecified atom stereocenters. The van der Waals surface area contributed by atoms with E-state index >= 15 is 0 Å². The predicted molar refractivity (Wildman–Crippen MR) is 76.9 cm³/mol. The minimum absolute atomic E-state index is 0.271. The van der Waals surface area contributed by atoms with Gasteiger partial charge in [-0.3, -0.25) is 0 Å². The van der Waals surface area contributed by atoms with Crippen LogP contribution in [0.3, 0.4) is 0 Å². The molecule has 19 heavy (non-hydrogen) atoms. The lowest BCUT2D eigenvalue weighted by Gasteiger charge is -2.30. The van der Waals surface area contributed by atoms with Crippen LogP contribution in [0.5, 0.6) is 5.75 Å². The maximum absolute atomic E-state index is 6.09. The maximum atomic E-state index is 6.09. The first-order chi connectivity index (χ1) is 9.19. The van der Waals surface area contributed by atoms with Crippen molar-refractivity contribution in [2.24, 2.45) is 0 Å². The number of halogens is 1.